The quantitative estimate of drug-likeness (QED) is 0.580. The molecule has 7 heteroatoms. The predicted octanol–water partition coefficient (Wildman–Crippen LogP) is 4.65. The molecule has 27 heavy (non-hydrogen) atoms. The molecule has 1 aliphatic heterocycles. The molecule has 1 saturated heterocycles. The molecule has 1 aromatic heterocycles. The zero-order chi connectivity index (χ0) is 19.4. The van der Waals surface area contributed by atoms with Crippen LogP contribution in [0.4, 0.5) is 11.5 Å². The molecule has 0 saturated carbocycles. The number of hydrogen-bond acceptors (Lipinski definition) is 5. The van der Waals surface area contributed by atoms with E-state index in [4.69, 9.17) is 11.6 Å². The van der Waals surface area contributed by atoms with E-state index in [2.05, 4.69) is 34.0 Å². The van der Waals surface area contributed by atoms with E-state index in [1.54, 1.807) is 6.33 Å². The molecule has 0 unspecified atom stereocenters. The topological polar surface area (TPSA) is 58.1 Å². The van der Waals surface area contributed by atoms with Crippen molar-refractivity contribution in [2.75, 3.05) is 29.1 Å². The highest BCUT2D eigenvalue weighted by Gasteiger charge is 2.23. The number of benzene rings is 1. The Morgan fingerprint density at radius 3 is 2.78 bits per heavy atom. The summed E-state index contributed by atoms with van der Waals surface area (Å²) in [4.78, 5) is 23.4. The lowest BCUT2D eigenvalue weighted by Gasteiger charge is -2.35. The van der Waals surface area contributed by atoms with Gasteiger partial charge >= 0.3 is 0 Å². The van der Waals surface area contributed by atoms with Gasteiger partial charge < -0.3 is 10.2 Å². The Hall–Kier alpha value is -1.79. The zero-order valence-electron chi connectivity index (χ0n) is 15.9. The van der Waals surface area contributed by atoms with Gasteiger partial charge in [-0.2, -0.15) is 0 Å². The van der Waals surface area contributed by atoms with E-state index in [0.717, 1.165) is 35.2 Å². The van der Waals surface area contributed by atoms with Crippen molar-refractivity contribution in [1.29, 1.82) is 0 Å². The summed E-state index contributed by atoms with van der Waals surface area (Å²) in [5.74, 6) is 2.47. The highest BCUT2D eigenvalue weighted by Crippen LogP contribution is 2.27. The van der Waals surface area contributed by atoms with Gasteiger partial charge in [0.1, 0.15) is 17.2 Å². The average Bonchev–Trinajstić information content (AvgIpc) is 2.63. The molecule has 0 radical (unpaired) electrons. The number of rotatable bonds is 5. The van der Waals surface area contributed by atoms with Crippen molar-refractivity contribution in [2.24, 2.45) is 11.8 Å². The maximum absolute atomic E-state index is 12.3. The second-order valence-electron chi connectivity index (χ2n) is 7.31. The van der Waals surface area contributed by atoms with Crippen LogP contribution in [0.5, 0.6) is 0 Å². The van der Waals surface area contributed by atoms with Gasteiger partial charge in [0.2, 0.25) is 5.91 Å². The second-order valence-corrected chi connectivity index (χ2v) is 8.72. The van der Waals surface area contributed by atoms with Crippen molar-refractivity contribution >= 4 is 40.8 Å². The molecule has 0 spiro atoms. The minimum absolute atomic E-state index is 0.0780. The summed E-state index contributed by atoms with van der Waals surface area (Å²) in [7, 11) is 0. The van der Waals surface area contributed by atoms with Gasteiger partial charge in [-0.3, -0.25) is 4.79 Å². The minimum Gasteiger partial charge on any atom is -0.356 e. The van der Waals surface area contributed by atoms with E-state index in [1.807, 2.05) is 31.2 Å². The number of carbonyl (C=O) groups excluding carboxylic acids is 1. The van der Waals surface area contributed by atoms with Crippen LogP contribution in [0.2, 0.25) is 5.02 Å². The molecule has 1 aromatic carbocycles. The van der Waals surface area contributed by atoms with Crippen LogP contribution in [0, 0.1) is 18.8 Å². The fraction of sp³-hybridized carbons (Fsp3) is 0.450. The van der Waals surface area contributed by atoms with Gasteiger partial charge in [0.25, 0.3) is 0 Å². The summed E-state index contributed by atoms with van der Waals surface area (Å²) in [6.45, 7) is 8.48. The number of piperidine rings is 1. The fourth-order valence-electron chi connectivity index (χ4n) is 3.50. The minimum atomic E-state index is -0.0780. The summed E-state index contributed by atoms with van der Waals surface area (Å²) in [6.07, 6.45) is 2.84. The smallest absolute Gasteiger partial charge is 0.234 e. The fourth-order valence-corrected chi connectivity index (χ4v) is 4.34. The molecule has 144 valence electrons. The SMILES string of the molecule is Cc1c(Cl)cccc1NC(=O)CSc1cc(N2C[C@@H](C)C[C@H](C)C2)ncn1. The number of amides is 1. The van der Waals surface area contributed by atoms with Gasteiger partial charge in [0, 0.05) is 29.9 Å². The number of hydrogen-bond donors (Lipinski definition) is 1. The molecule has 1 aliphatic rings. The third-order valence-corrected chi connectivity index (χ3v) is 6.05. The van der Waals surface area contributed by atoms with Crippen LogP contribution >= 0.6 is 23.4 Å². The Bertz CT molecular complexity index is 806. The van der Waals surface area contributed by atoms with Crippen molar-refractivity contribution in [3.05, 3.63) is 41.2 Å². The third kappa shape index (κ3) is 5.36. The first-order valence-corrected chi connectivity index (χ1v) is 10.5. The number of nitrogens with one attached hydrogen (secondary N) is 1. The number of thioether (sulfide) groups is 1. The first-order valence-electron chi connectivity index (χ1n) is 9.17. The molecule has 1 fully saturated rings. The molecule has 1 amide bonds. The summed E-state index contributed by atoms with van der Waals surface area (Å²) >= 11 is 7.52. The molecule has 1 N–H and O–H groups in total. The van der Waals surface area contributed by atoms with Gasteiger partial charge in [-0.05, 0) is 42.9 Å². The lowest BCUT2D eigenvalue weighted by molar-refractivity contribution is -0.113. The molecular weight excluding hydrogens is 380 g/mol. The monoisotopic (exact) mass is 404 g/mol. The van der Waals surface area contributed by atoms with Gasteiger partial charge in [-0.1, -0.05) is 43.3 Å². The highest BCUT2D eigenvalue weighted by atomic mass is 35.5. The maximum Gasteiger partial charge on any atom is 0.234 e. The number of anilines is 2. The summed E-state index contributed by atoms with van der Waals surface area (Å²) < 4.78 is 0. The van der Waals surface area contributed by atoms with Crippen LogP contribution in [0.1, 0.15) is 25.8 Å². The van der Waals surface area contributed by atoms with Crippen LogP contribution in [0.3, 0.4) is 0 Å². The van der Waals surface area contributed by atoms with Crippen LogP contribution in [0.25, 0.3) is 0 Å². The van der Waals surface area contributed by atoms with Crippen LogP contribution < -0.4 is 10.2 Å². The van der Waals surface area contributed by atoms with E-state index in [9.17, 15) is 4.79 Å². The molecule has 5 nitrogen and oxygen atoms in total. The number of carbonyl (C=O) groups is 1. The van der Waals surface area contributed by atoms with Crippen molar-refractivity contribution in [3.8, 4) is 0 Å². The lowest BCUT2D eigenvalue weighted by atomic mass is 9.92. The Balaban J connectivity index is 1.59. The molecule has 0 aliphatic carbocycles. The van der Waals surface area contributed by atoms with E-state index in [0.29, 0.717) is 16.9 Å². The Kier molecular flexibility index (Phi) is 6.60. The van der Waals surface area contributed by atoms with E-state index in [1.165, 1.54) is 18.2 Å². The Labute approximate surface area is 169 Å². The average molecular weight is 405 g/mol. The number of aromatic nitrogens is 2. The molecule has 2 heterocycles. The van der Waals surface area contributed by atoms with Crippen LogP contribution in [0.15, 0.2) is 35.6 Å². The van der Waals surface area contributed by atoms with Gasteiger partial charge in [0.15, 0.2) is 0 Å². The molecule has 0 bridgehead atoms. The van der Waals surface area contributed by atoms with E-state index >= 15 is 0 Å². The van der Waals surface area contributed by atoms with Crippen molar-refractivity contribution < 1.29 is 4.79 Å². The van der Waals surface area contributed by atoms with Crippen LogP contribution in [-0.4, -0.2) is 34.7 Å². The Morgan fingerprint density at radius 1 is 1.30 bits per heavy atom. The first kappa shape index (κ1) is 20.0. The van der Waals surface area contributed by atoms with Crippen molar-refractivity contribution in [1.82, 2.24) is 9.97 Å². The third-order valence-electron chi connectivity index (χ3n) is 4.71. The van der Waals surface area contributed by atoms with Crippen molar-refractivity contribution in [2.45, 2.75) is 32.2 Å². The van der Waals surface area contributed by atoms with E-state index < -0.39 is 0 Å². The lowest BCUT2D eigenvalue weighted by Crippen LogP contribution is -2.39. The highest BCUT2D eigenvalue weighted by molar-refractivity contribution is 7.99. The van der Waals surface area contributed by atoms with Gasteiger partial charge in [-0.15, -0.1) is 0 Å². The number of halogens is 1. The summed E-state index contributed by atoms with van der Waals surface area (Å²) in [5.41, 5.74) is 1.61. The van der Waals surface area contributed by atoms with E-state index in [-0.39, 0.29) is 11.7 Å². The second kappa shape index (κ2) is 8.93. The number of nitrogens with zero attached hydrogens (tertiary/aromatic N) is 3. The standard InChI is InChI=1S/C20H25ClN4OS/c1-13-7-14(2)10-25(9-13)18-8-20(23-12-22-18)27-11-19(26)24-17-6-4-5-16(21)15(17)3/h4-6,8,12-14H,7,9-11H2,1-3H3,(H,24,26)/t13-,14-/m0/s1. The maximum atomic E-state index is 12.3. The Morgan fingerprint density at radius 2 is 2.04 bits per heavy atom. The van der Waals surface area contributed by atoms with Crippen molar-refractivity contribution in [3.63, 3.8) is 0 Å². The normalized spacial score (nSPS) is 19.8. The largest absolute Gasteiger partial charge is 0.356 e. The van der Waals surface area contributed by atoms with Gasteiger partial charge in [-0.25, -0.2) is 9.97 Å². The summed E-state index contributed by atoms with van der Waals surface area (Å²) in [5, 5.41) is 4.37. The zero-order valence-corrected chi connectivity index (χ0v) is 17.5. The summed E-state index contributed by atoms with van der Waals surface area (Å²) in [6, 6.07) is 7.47. The first-order chi connectivity index (χ1) is 12.9. The molecule has 2 aromatic rings. The molecular formula is C20H25ClN4OS. The predicted molar refractivity (Wildman–Crippen MR) is 113 cm³/mol. The van der Waals surface area contributed by atoms with Gasteiger partial charge in [0.05, 0.1) is 5.75 Å². The molecule has 3 rings (SSSR count). The van der Waals surface area contributed by atoms with Crippen LogP contribution in [-0.2, 0) is 4.79 Å². The molecule has 2 atom stereocenters.